The standard InChI is InChI=1S/C21H22N6/c1-2-16-10-20(25-14-24-16)27-9-5-6-17(13-27)26-21-15(11-22)12-23-19-8-4-3-7-18(19)21/h3-4,7-8,10,12,14,17H,2,5-6,9,13H2,1H3,(H,23,26). The Morgan fingerprint density at radius 3 is 3.00 bits per heavy atom. The van der Waals surface area contributed by atoms with Crippen LogP contribution in [0.3, 0.4) is 0 Å². The van der Waals surface area contributed by atoms with Gasteiger partial charge in [-0.1, -0.05) is 25.1 Å². The van der Waals surface area contributed by atoms with Crippen LogP contribution in [0.4, 0.5) is 11.5 Å². The Labute approximate surface area is 158 Å². The van der Waals surface area contributed by atoms with Gasteiger partial charge in [0.05, 0.1) is 16.8 Å². The number of rotatable bonds is 4. The zero-order chi connectivity index (χ0) is 18.6. The topological polar surface area (TPSA) is 77.7 Å². The van der Waals surface area contributed by atoms with Gasteiger partial charge in [0.15, 0.2) is 0 Å². The number of fused-ring (bicyclic) bond motifs is 1. The SMILES string of the molecule is CCc1cc(N2CCCC(Nc3c(C#N)cnc4ccccc34)C2)ncn1. The summed E-state index contributed by atoms with van der Waals surface area (Å²) >= 11 is 0. The van der Waals surface area contributed by atoms with Gasteiger partial charge in [0.25, 0.3) is 0 Å². The van der Waals surface area contributed by atoms with Gasteiger partial charge in [-0.25, -0.2) is 9.97 Å². The molecule has 0 amide bonds. The number of pyridine rings is 1. The number of nitriles is 1. The first-order valence-electron chi connectivity index (χ1n) is 9.38. The Hall–Kier alpha value is -3.20. The molecule has 1 aromatic carbocycles. The molecule has 0 radical (unpaired) electrons. The first-order valence-corrected chi connectivity index (χ1v) is 9.38. The van der Waals surface area contributed by atoms with E-state index in [-0.39, 0.29) is 6.04 Å². The molecular formula is C21H22N6. The van der Waals surface area contributed by atoms with E-state index in [1.807, 2.05) is 24.3 Å². The van der Waals surface area contributed by atoms with E-state index in [1.54, 1.807) is 12.5 Å². The monoisotopic (exact) mass is 358 g/mol. The van der Waals surface area contributed by atoms with Crippen LogP contribution in [-0.2, 0) is 6.42 Å². The predicted octanol–water partition coefficient (Wildman–Crippen LogP) is 3.54. The summed E-state index contributed by atoms with van der Waals surface area (Å²) in [6.45, 7) is 3.94. The molecule has 3 aromatic rings. The number of anilines is 2. The zero-order valence-electron chi connectivity index (χ0n) is 15.4. The van der Waals surface area contributed by atoms with Crippen LogP contribution in [0.25, 0.3) is 10.9 Å². The van der Waals surface area contributed by atoms with E-state index in [2.05, 4.69) is 44.2 Å². The lowest BCUT2D eigenvalue weighted by molar-refractivity contribution is 0.526. The molecule has 0 aliphatic carbocycles. The van der Waals surface area contributed by atoms with E-state index in [0.29, 0.717) is 5.56 Å². The maximum absolute atomic E-state index is 9.54. The smallest absolute Gasteiger partial charge is 0.132 e. The van der Waals surface area contributed by atoms with Crippen molar-refractivity contribution in [1.82, 2.24) is 15.0 Å². The van der Waals surface area contributed by atoms with E-state index in [9.17, 15) is 5.26 Å². The first kappa shape index (κ1) is 17.2. The van der Waals surface area contributed by atoms with Crippen molar-refractivity contribution in [2.75, 3.05) is 23.3 Å². The normalized spacial score (nSPS) is 16.9. The third-order valence-corrected chi connectivity index (χ3v) is 5.06. The van der Waals surface area contributed by atoms with Gasteiger partial charge in [0, 0.05) is 42.5 Å². The van der Waals surface area contributed by atoms with Crippen molar-refractivity contribution in [3.63, 3.8) is 0 Å². The predicted molar refractivity (Wildman–Crippen MR) is 107 cm³/mol. The number of aryl methyl sites for hydroxylation is 1. The number of nitrogens with zero attached hydrogens (tertiary/aromatic N) is 5. The lowest BCUT2D eigenvalue weighted by Gasteiger charge is -2.34. The number of benzene rings is 1. The molecule has 0 saturated carbocycles. The highest BCUT2D eigenvalue weighted by Crippen LogP contribution is 2.28. The Balaban J connectivity index is 1.60. The maximum Gasteiger partial charge on any atom is 0.132 e. The molecule has 4 rings (SSSR count). The molecule has 6 heteroatoms. The molecular weight excluding hydrogens is 336 g/mol. The largest absolute Gasteiger partial charge is 0.379 e. The van der Waals surface area contributed by atoms with Crippen LogP contribution in [0, 0.1) is 11.3 Å². The highest BCUT2D eigenvalue weighted by molar-refractivity contribution is 5.94. The molecule has 1 saturated heterocycles. The van der Waals surface area contributed by atoms with Gasteiger partial charge in [-0.2, -0.15) is 5.26 Å². The second kappa shape index (κ2) is 7.58. The van der Waals surface area contributed by atoms with Crippen molar-refractivity contribution in [3.8, 4) is 6.07 Å². The summed E-state index contributed by atoms with van der Waals surface area (Å²) in [6.07, 6.45) is 6.34. The van der Waals surface area contributed by atoms with Gasteiger partial charge in [0.2, 0.25) is 0 Å². The molecule has 0 spiro atoms. The van der Waals surface area contributed by atoms with Crippen LogP contribution in [0.15, 0.2) is 42.9 Å². The van der Waals surface area contributed by atoms with Crippen molar-refractivity contribution in [2.45, 2.75) is 32.2 Å². The highest BCUT2D eigenvalue weighted by atomic mass is 15.2. The number of para-hydroxylation sites is 1. The highest BCUT2D eigenvalue weighted by Gasteiger charge is 2.22. The molecule has 0 bridgehead atoms. The third kappa shape index (κ3) is 3.54. The van der Waals surface area contributed by atoms with Crippen LogP contribution in [0.5, 0.6) is 0 Å². The fourth-order valence-corrected chi connectivity index (χ4v) is 3.64. The van der Waals surface area contributed by atoms with Crippen molar-refractivity contribution >= 4 is 22.4 Å². The quantitative estimate of drug-likeness (QED) is 0.769. The van der Waals surface area contributed by atoms with E-state index >= 15 is 0 Å². The van der Waals surface area contributed by atoms with Crippen molar-refractivity contribution in [1.29, 1.82) is 5.26 Å². The minimum atomic E-state index is 0.247. The number of piperidine rings is 1. The Kier molecular flexibility index (Phi) is 4.84. The number of aromatic nitrogens is 3. The number of hydrogen-bond acceptors (Lipinski definition) is 6. The summed E-state index contributed by atoms with van der Waals surface area (Å²) in [6, 6.07) is 12.5. The maximum atomic E-state index is 9.54. The molecule has 6 nitrogen and oxygen atoms in total. The summed E-state index contributed by atoms with van der Waals surface area (Å²) in [4.78, 5) is 15.5. The fourth-order valence-electron chi connectivity index (χ4n) is 3.64. The second-order valence-electron chi connectivity index (χ2n) is 6.83. The molecule has 1 aliphatic heterocycles. The van der Waals surface area contributed by atoms with Crippen LogP contribution in [0.2, 0.25) is 0 Å². The van der Waals surface area contributed by atoms with E-state index in [1.165, 1.54) is 0 Å². The first-order chi connectivity index (χ1) is 13.3. The van der Waals surface area contributed by atoms with Gasteiger partial charge < -0.3 is 10.2 Å². The second-order valence-corrected chi connectivity index (χ2v) is 6.83. The fraction of sp³-hybridized carbons (Fsp3) is 0.333. The molecule has 3 heterocycles. The number of nitrogens with one attached hydrogen (secondary N) is 1. The lowest BCUT2D eigenvalue weighted by Crippen LogP contribution is -2.42. The van der Waals surface area contributed by atoms with E-state index in [4.69, 9.17) is 0 Å². The molecule has 2 aromatic heterocycles. The van der Waals surface area contributed by atoms with Gasteiger partial charge in [-0.05, 0) is 25.3 Å². The minimum absolute atomic E-state index is 0.247. The molecule has 1 aliphatic rings. The summed E-state index contributed by atoms with van der Waals surface area (Å²) in [5.74, 6) is 0.980. The summed E-state index contributed by atoms with van der Waals surface area (Å²) in [5.41, 5.74) is 3.42. The molecule has 1 N–H and O–H groups in total. The van der Waals surface area contributed by atoms with Crippen molar-refractivity contribution in [3.05, 3.63) is 54.1 Å². The van der Waals surface area contributed by atoms with Gasteiger partial charge in [-0.3, -0.25) is 4.98 Å². The van der Waals surface area contributed by atoms with Crippen molar-refractivity contribution < 1.29 is 0 Å². The third-order valence-electron chi connectivity index (χ3n) is 5.06. The molecule has 1 atom stereocenters. The van der Waals surface area contributed by atoms with Gasteiger partial charge in [0.1, 0.15) is 18.2 Å². The zero-order valence-corrected chi connectivity index (χ0v) is 15.4. The average Bonchev–Trinajstić information content (AvgIpc) is 2.74. The summed E-state index contributed by atoms with van der Waals surface area (Å²) in [5, 5.41) is 14.2. The van der Waals surface area contributed by atoms with Crippen LogP contribution in [0.1, 0.15) is 31.0 Å². The Morgan fingerprint density at radius 2 is 2.15 bits per heavy atom. The summed E-state index contributed by atoms with van der Waals surface area (Å²) in [7, 11) is 0. The van der Waals surface area contributed by atoms with Crippen LogP contribution >= 0.6 is 0 Å². The van der Waals surface area contributed by atoms with Gasteiger partial charge in [-0.15, -0.1) is 0 Å². The van der Waals surface area contributed by atoms with E-state index in [0.717, 1.165) is 60.5 Å². The molecule has 1 unspecified atom stereocenters. The van der Waals surface area contributed by atoms with Crippen molar-refractivity contribution in [2.24, 2.45) is 0 Å². The Bertz CT molecular complexity index is 993. The minimum Gasteiger partial charge on any atom is -0.379 e. The van der Waals surface area contributed by atoms with Crippen LogP contribution < -0.4 is 10.2 Å². The van der Waals surface area contributed by atoms with Gasteiger partial charge >= 0.3 is 0 Å². The molecule has 1 fully saturated rings. The summed E-state index contributed by atoms with van der Waals surface area (Å²) < 4.78 is 0. The lowest BCUT2D eigenvalue weighted by atomic mass is 10.0. The number of hydrogen-bond donors (Lipinski definition) is 1. The van der Waals surface area contributed by atoms with Crippen LogP contribution in [-0.4, -0.2) is 34.1 Å². The van der Waals surface area contributed by atoms with E-state index < -0.39 is 0 Å². The average molecular weight is 358 g/mol. The molecule has 136 valence electrons. The Morgan fingerprint density at radius 1 is 1.26 bits per heavy atom. The molecule has 27 heavy (non-hydrogen) atoms.